The van der Waals surface area contributed by atoms with Crippen LogP contribution < -0.4 is 0 Å². The Labute approximate surface area is 139 Å². The Hall–Kier alpha value is -2.44. The van der Waals surface area contributed by atoms with E-state index in [1.54, 1.807) is 18.2 Å². The predicted molar refractivity (Wildman–Crippen MR) is 90.6 cm³/mol. The van der Waals surface area contributed by atoms with Crippen molar-refractivity contribution < 1.29 is 15.0 Å². The lowest BCUT2D eigenvalue weighted by molar-refractivity contribution is 0.107. The average molecular weight is 371 g/mol. The molecule has 2 heterocycles. The van der Waals surface area contributed by atoms with Crippen molar-refractivity contribution in [2.45, 2.75) is 6.61 Å². The molecule has 5 nitrogen and oxygen atoms in total. The number of carbonyl (C=O) groups is 1. The third kappa shape index (κ3) is 2.03. The predicted octanol–water partition coefficient (Wildman–Crippen LogP) is 3.45. The first kappa shape index (κ1) is 14.2. The number of halogens is 1. The number of carbonyl (C=O) groups excluding carboxylic acids is 1. The van der Waals surface area contributed by atoms with Crippen LogP contribution in [0.5, 0.6) is 5.88 Å². The van der Waals surface area contributed by atoms with Crippen LogP contribution >= 0.6 is 15.9 Å². The van der Waals surface area contributed by atoms with Crippen molar-refractivity contribution in [3.05, 3.63) is 57.6 Å². The summed E-state index contributed by atoms with van der Waals surface area (Å²) in [7, 11) is 0. The number of para-hydroxylation sites is 1. The van der Waals surface area contributed by atoms with E-state index in [9.17, 15) is 15.0 Å². The Morgan fingerprint density at radius 2 is 2.04 bits per heavy atom. The summed E-state index contributed by atoms with van der Waals surface area (Å²) < 4.78 is 0.794. The molecule has 0 bridgehead atoms. The van der Waals surface area contributed by atoms with Crippen molar-refractivity contribution in [1.82, 2.24) is 4.98 Å². The molecule has 114 valence electrons. The van der Waals surface area contributed by atoms with Gasteiger partial charge in [0.25, 0.3) is 0 Å². The van der Waals surface area contributed by atoms with Gasteiger partial charge in [0.1, 0.15) is 5.71 Å². The number of aliphatic hydroxyl groups excluding tert-OH is 1. The summed E-state index contributed by atoms with van der Waals surface area (Å²) in [6, 6.07) is 10.6. The summed E-state index contributed by atoms with van der Waals surface area (Å²) in [5.74, 6) is -0.347. The number of fused-ring (bicyclic) bond motifs is 2. The standard InChI is InChI=1S/C17H11BrN2O3/c18-11-3-1-2-9-13(17(23)20-14(9)11)15-16(22)10-6-8(7-21)4-5-12(10)19-15/h1-6,20-21,23H,7H2. The topological polar surface area (TPSA) is 85.7 Å². The molecule has 0 saturated heterocycles. The van der Waals surface area contributed by atoms with Gasteiger partial charge < -0.3 is 15.2 Å². The number of aliphatic hydroxyl groups is 1. The third-order valence-corrected chi connectivity index (χ3v) is 4.60. The largest absolute Gasteiger partial charge is 0.494 e. The number of aliphatic imine (C=N–C) groups is 1. The van der Waals surface area contributed by atoms with Crippen molar-refractivity contribution in [1.29, 1.82) is 0 Å². The van der Waals surface area contributed by atoms with Gasteiger partial charge in [-0.1, -0.05) is 18.2 Å². The van der Waals surface area contributed by atoms with E-state index in [-0.39, 0.29) is 24.0 Å². The Kier molecular flexibility index (Phi) is 3.11. The van der Waals surface area contributed by atoms with Gasteiger partial charge >= 0.3 is 0 Å². The molecule has 0 radical (unpaired) electrons. The second-order valence-electron chi connectivity index (χ2n) is 5.31. The molecule has 23 heavy (non-hydrogen) atoms. The molecule has 0 spiro atoms. The van der Waals surface area contributed by atoms with Crippen LogP contribution in [-0.2, 0) is 6.61 Å². The van der Waals surface area contributed by atoms with Gasteiger partial charge in [-0.05, 0) is 39.7 Å². The second kappa shape index (κ2) is 5.04. The van der Waals surface area contributed by atoms with Crippen LogP contribution in [0.1, 0.15) is 21.5 Å². The van der Waals surface area contributed by atoms with E-state index in [2.05, 4.69) is 25.9 Å². The molecule has 4 rings (SSSR count). The normalized spacial score (nSPS) is 13.5. The van der Waals surface area contributed by atoms with E-state index < -0.39 is 0 Å². The lowest BCUT2D eigenvalue weighted by Crippen LogP contribution is -2.11. The van der Waals surface area contributed by atoms with Crippen LogP contribution in [0.4, 0.5) is 5.69 Å². The number of H-pyrrole nitrogens is 1. The molecule has 6 heteroatoms. The van der Waals surface area contributed by atoms with Crippen LogP contribution in [0.25, 0.3) is 10.9 Å². The summed E-state index contributed by atoms with van der Waals surface area (Å²) in [6.45, 7) is -0.138. The molecule has 1 aliphatic heterocycles. The number of hydrogen-bond donors (Lipinski definition) is 3. The molecule has 0 amide bonds. The molecule has 1 aromatic heterocycles. The molecule has 3 N–H and O–H groups in total. The summed E-state index contributed by atoms with van der Waals surface area (Å²) in [6.07, 6.45) is 0. The zero-order valence-corrected chi connectivity index (χ0v) is 13.4. The highest BCUT2D eigenvalue weighted by Gasteiger charge is 2.30. The molecule has 3 aromatic rings. The fourth-order valence-corrected chi connectivity index (χ4v) is 3.30. The van der Waals surface area contributed by atoms with Gasteiger partial charge in [-0.25, -0.2) is 4.99 Å². The zero-order valence-electron chi connectivity index (χ0n) is 11.8. The minimum atomic E-state index is -0.258. The number of benzene rings is 2. The van der Waals surface area contributed by atoms with Gasteiger partial charge in [-0.3, -0.25) is 4.79 Å². The first-order valence-corrected chi connectivity index (χ1v) is 7.76. The quantitative estimate of drug-likeness (QED) is 0.645. The Morgan fingerprint density at radius 1 is 1.22 bits per heavy atom. The highest BCUT2D eigenvalue weighted by atomic mass is 79.9. The Morgan fingerprint density at radius 3 is 2.83 bits per heavy atom. The molecule has 0 unspecified atom stereocenters. The van der Waals surface area contributed by atoms with Gasteiger partial charge in [0, 0.05) is 9.86 Å². The number of nitrogens with one attached hydrogen (secondary N) is 1. The van der Waals surface area contributed by atoms with Crippen LogP contribution in [0.3, 0.4) is 0 Å². The van der Waals surface area contributed by atoms with E-state index >= 15 is 0 Å². The van der Waals surface area contributed by atoms with E-state index in [1.165, 1.54) is 0 Å². The average Bonchev–Trinajstić information content (AvgIpc) is 3.05. The van der Waals surface area contributed by atoms with Gasteiger partial charge in [0.15, 0.2) is 5.88 Å². The minimum Gasteiger partial charge on any atom is -0.494 e. The summed E-state index contributed by atoms with van der Waals surface area (Å²) in [5, 5.41) is 20.2. The van der Waals surface area contributed by atoms with Gasteiger partial charge in [0.05, 0.1) is 28.9 Å². The Balaban J connectivity index is 1.92. The van der Waals surface area contributed by atoms with Crippen LogP contribution in [-0.4, -0.2) is 26.7 Å². The molecule has 0 atom stereocenters. The van der Waals surface area contributed by atoms with Gasteiger partial charge in [0.2, 0.25) is 5.78 Å². The highest BCUT2D eigenvalue weighted by Crippen LogP contribution is 2.37. The van der Waals surface area contributed by atoms with E-state index in [0.29, 0.717) is 27.9 Å². The second-order valence-corrected chi connectivity index (χ2v) is 6.16. The monoisotopic (exact) mass is 370 g/mol. The fourth-order valence-electron chi connectivity index (χ4n) is 2.84. The van der Waals surface area contributed by atoms with Crippen molar-refractivity contribution in [2.75, 3.05) is 0 Å². The number of ketones is 1. The maximum Gasteiger partial charge on any atom is 0.214 e. The third-order valence-electron chi connectivity index (χ3n) is 3.94. The zero-order chi connectivity index (χ0) is 16.1. The lowest BCUT2D eigenvalue weighted by atomic mass is 10.0. The number of Topliss-reactive ketones (excluding diaryl/α,β-unsaturated/α-hetero) is 1. The fraction of sp³-hybridized carbons (Fsp3) is 0.0588. The molecule has 0 fully saturated rings. The number of hydrogen-bond acceptors (Lipinski definition) is 4. The lowest BCUT2D eigenvalue weighted by Gasteiger charge is -2.00. The summed E-state index contributed by atoms with van der Waals surface area (Å²) in [4.78, 5) is 20.0. The van der Waals surface area contributed by atoms with Gasteiger partial charge in [-0.2, -0.15) is 0 Å². The smallest absolute Gasteiger partial charge is 0.214 e. The molecular weight excluding hydrogens is 360 g/mol. The maximum absolute atomic E-state index is 12.7. The number of aromatic hydroxyl groups is 1. The minimum absolute atomic E-state index is 0.0887. The number of aromatic nitrogens is 1. The summed E-state index contributed by atoms with van der Waals surface area (Å²) >= 11 is 3.42. The molecule has 1 aliphatic rings. The van der Waals surface area contributed by atoms with E-state index in [4.69, 9.17) is 0 Å². The molecule has 0 saturated carbocycles. The first-order chi connectivity index (χ1) is 11.1. The Bertz CT molecular complexity index is 1000. The molecule has 2 aromatic carbocycles. The number of nitrogens with zero attached hydrogens (tertiary/aromatic N) is 1. The number of rotatable bonds is 2. The maximum atomic E-state index is 12.7. The van der Waals surface area contributed by atoms with Crippen LogP contribution in [0.15, 0.2) is 45.9 Å². The highest BCUT2D eigenvalue weighted by molar-refractivity contribution is 9.10. The number of aromatic amines is 1. The van der Waals surface area contributed by atoms with Crippen molar-refractivity contribution in [3.8, 4) is 5.88 Å². The van der Waals surface area contributed by atoms with Crippen molar-refractivity contribution in [3.63, 3.8) is 0 Å². The van der Waals surface area contributed by atoms with Crippen LogP contribution in [0.2, 0.25) is 0 Å². The van der Waals surface area contributed by atoms with Crippen LogP contribution in [0, 0.1) is 0 Å². The van der Waals surface area contributed by atoms with Crippen molar-refractivity contribution in [2.24, 2.45) is 4.99 Å². The molecular formula is C17H11BrN2O3. The van der Waals surface area contributed by atoms with Gasteiger partial charge in [-0.15, -0.1) is 0 Å². The SMILES string of the molecule is O=C1C(c2c(O)[nH]c3c(Br)cccc23)=Nc2ccc(CO)cc21. The summed E-state index contributed by atoms with van der Waals surface area (Å²) in [5.41, 5.74) is 2.95. The van der Waals surface area contributed by atoms with E-state index in [1.807, 2.05) is 18.2 Å². The first-order valence-electron chi connectivity index (χ1n) is 6.97. The van der Waals surface area contributed by atoms with Crippen molar-refractivity contribution >= 4 is 44.0 Å². The van der Waals surface area contributed by atoms with E-state index in [0.717, 1.165) is 9.86 Å². The molecule has 0 aliphatic carbocycles.